The molecule has 24 heavy (non-hydrogen) atoms. The molecule has 0 radical (unpaired) electrons. The molecule has 0 saturated heterocycles. The van der Waals surface area contributed by atoms with Gasteiger partial charge in [0, 0.05) is 18.7 Å². The topological polar surface area (TPSA) is 57.7 Å². The maximum atomic E-state index is 11.8. The van der Waals surface area contributed by atoms with E-state index in [0.717, 1.165) is 12.0 Å². The van der Waals surface area contributed by atoms with Gasteiger partial charge in [0.1, 0.15) is 6.61 Å². The number of rotatable bonds is 4. The summed E-state index contributed by atoms with van der Waals surface area (Å²) in [5.74, 6) is 0.675. The smallest absolute Gasteiger partial charge is 0.331 e. The Bertz CT molecular complexity index is 746. The van der Waals surface area contributed by atoms with E-state index in [-0.39, 0.29) is 6.61 Å². The fourth-order valence-electron chi connectivity index (χ4n) is 2.19. The quantitative estimate of drug-likeness (QED) is 0.625. The summed E-state index contributed by atoms with van der Waals surface area (Å²) in [7, 11) is 0. The summed E-state index contributed by atoms with van der Waals surface area (Å²) in [4.78, 5) is 15.9. The van der Waals surface area contributed by atoms with Gasteiger partial charge in [0.25, 0.3) is 0 Å². The highest BCUT2D eigenvalue weighted by molar-refractivity contribution is 6.32. The third kappa shape index (κ3) is 4.26. The second-order valence-electron chi connectivity index (χ2n) is 5.14. The molecule has 1 aliphatic rings. The Morgan fingerprint density at radius 3 is 3.00 bits per heavy atom. The zero-order valence-electron chi connectivity index (χ0n) is 12.9. The maximum Gasteiger partial charge on any atom is 0.331 e. The normalized spacial score (nSPS) is 13.5. The summed E-state index contributed by atoms with van der Waals surface area (Å²) < 4.78 is 16.3. The molecule has 2 aromatic rings. The van der Waals surface area contributed by atoms with Gasteiger partial charge >= 0.3 is 5.97 Å². The molecule has 1 aromatic heterocycles. The fraction of sp³-hybridized carbons (Fsp3) is 0.222. The molecule has 0 spiro atoms. The van der Waals surface area contributed by atoms with Gasteiger partial charge in [-0.2, -0.15) is 0 Å². The van der Waals surface area contributed by atoms with Crippen molar-refractivity contribution in [3.8, 4) is 11.5 Å². The Morgan fingerprint density at radius 1 is 1.29 bits per heavy atom. The van der Waals surface area contributed by atoms with Crippen LogP contribution in [0, 0.1) is 0 Å². The molecule has 5 nitrogen and oxygen atoms in total. The number of nitrogens with zero attached hydrogens (tertiary/aromatic N) is 1. The SMILES string of the molecule is O=C(/C=C/c1cc(Cl)c2c(c1)OCCCO2)OCc1ccccn1. The summed E-state index contributed by atoms with van der Waals surface area (Å²) in [5.41, 5.74) is 1.43. The first-order valence-corrected chi connectivity index (χ1v) is 7.94. The van der Waals surface area contributed by atoms with E-state index in [4.69, 9.17) is 25.8 Å². The van der Waals surface area contributed by atoms with E-state index < -0.39 is 5.97 Å². The monoisotopic (exact) mass is 345 g/mol. The van der Waals surface area contributed by atoms with E-state index in [9.17, 15) is 4.79 Å². The molecule has 0 fully saturated rings. The molecule has 0 saturated carbocycles. The van der Waals surface area contributed by atoms with Crippen LogP contribution < -0.4 is 9.47 Å². The van der Waals surface area contributed by atoms with Crippen molar-refractivity contribution >= 4 is 23.6 Å². The minimum absolute atomic E-state index is 0.131. The Kier molecular flexibility index (Phi) is 5.33. The molecule has 0 amide bonds. The largest absolute Gasteiger partial charge is 0.489 e. The highest BCUT2D eigenvalue weighted by Gasteiger charge is 2.15. The van der Waals surface area contributed by atoms with Gasteiger partial charge in [0.15, 0.2) is 11.5 Å². The van der Waals surface area contributed by atoms with Gasteiger partial charge in [-0.25, -0.2) is 4.79 Å². The van der Waals surface area contributed by atoms with Crippen molar-refractivity contribution in [2.75, 3.05) is 13.2 Å². The highest BCUT2D eigenvalue weighted by Crippen LogP contribution is 2.38. The minimum Gasteiger partial charge on any atom is -0.489 e. The predicted molar refractivity (Wildman–Crippen MR) is 90.1 cm³/mol. The van der Waals surface area contributed by atoms with Crippen LogP contribution in [0.3, 0.4) is 0 Å². The van der Waals surface area contributed by atoms with E-state index in [1.165, 1.54) is 6.08 Å². The zero-order chi connectivity index (χ0) is 16.8. The summed E-state index contributed by atoms with van der Waals surface area (Å²) in [6.45, 7) is 1.27. The Balaban J connectivity index is 1.64. The third-order valence-electron chi connectivity index (χ3n) is 3.32. The van der Waals surface area contributed by atoms with Crippen LogP contribution in [0.2, 0.25) is 5.02 Å². The molecule has 0 atom stereocenters. The Hall–Kier alpha value is -2.53. The maximum absolute atomic E-state index is 11.8. The van der Waals surface area contributed by atoms with Gasteiger partial charge in [0.2, 0.25) is 0 Å². The Labute approximate surface area is 144 Å². The van der Waals surface area contributed by atoms with Crippen molar-refractivity contribution in [1.82, 2.24) is 4.98 Å². The van der Waals surface area contributed by atoms with Gasteiger partial charge in [-0.1, -0.05) is 17.7 Å². The number of pyridine rings is 1. The van der Waals surface area contributed by atoms with Gasteiger partial charge in [-0.15, -0.1) is 0 Å². The average Bonchev–Trinajstić information content (AvgIpc) is 2.85. The average molecular weight is 346 g/mol. The van der Waals surface area contributed by atoms with Crippen LogP contribution in [-0.4, -0.2) is 24.2 Å². The lowest BCUT2D eigenvalue weighted by atomic mass is 10.2. The molecule has 0 N–H and O–H groups in total. The predicted octanol–water partition coefficient (Wildman–Crippen LogP) is 3.65. The van der Waals surface area contributed by atoms with Crippen molar-refractivity contribution in [3.63, 3.8) is 0 Å². The number of fused-ring (bicyclic) bond motifs is 1. The van der Waals surface area contributed by atoms with Crippen molar-refractivity contribution in [3.05, 3.63) is 58.9 Å². The first-order valence-electron chi connectivity index (χ1n) is 7.56. The van der Waals surface area contributed by atoms with E-state index in [1.807, 2.05) is 6.07 Å². The lowest BCUT2D eigenvalue weighted by Gasteiger charge is -2.09. The third-order valence-corrected chi connectivity index (χ3v) is 3.61. The standard InChI is InChI=1S/C18H16ClNO4/c19-15-10-13(11-16-18(15)23-9-3-8-22-16)5-6-17(21)24-12-14-4-1-2-7-20-14/h1-2,4-7,10-11H,3,8-9,12H2/b6-5+. The van der Waals surface area contributed by atoms with E-state index >= 15 is 0 Å². The molecule has 124 valence electrons. The zero-order valence-corrected chi connectivity index (χ0v) is 13.7. The number of carbonyl (C=O) groups is 1. The first-order chi connectivity index (χ1) is 11.7. The molecule has 6 heteroatoms. The number of hydrogen-bond acceptors (Lipinski definition) is 5. The van der Waals surface area contributed by atoms with Crippen LogP contribution in [-0.2, 0) is 16.1 Å². The van der Waals surface area contributed by atoms with E-state index in [0.29, 0.717) is 35.4 Å². The lowest BCUT2D eigenvalue weighted by Crippen LogP contribution is -2.01. The van der Waals surface area contributed by atoms with Gasteiger partial charge in [-0.05, 0) is 35.9 Å². The second kappa shape index (κ2) is 7.84. The van der Waals surface area contributed by atoms with Crippen molar-refractivity contribution < 1.29 is 19.0 Å². The number of esters is 1. The Morgan fingerprint density at radius 2 is 2.17 bits per heavy atom. The van der Waals surface area contributed by atoms with Crippen LogP contribution in [0.5, 0.6) is 11.5 Å². The number of hydrogen-bond donors (Lipinski definition) is 0. The van der Waals surface area contributed by atoms with Crippen LogP contribution in [0.1, 0.15) is 17.7 Å². The van der Waals surface area contributed by atoms with Crippen molar-refractivity contribution in [2.45, 2.75) is 13.0 Å². The number of aromatic nitrogens is 1. The molecule has 2 heterocycles. The van der Waals surface area contributed by atoms with Crippen LogP contribution in [0.25, 0.3) is 6.08 Å². The minimum atomic E-state index is -0.455. The lowest BCUT2D eigenvalue weighted by molar-refractivity contribution is -0.139. The summed E-state index contributed by atoms with van der Waals surface area (Å²) in [6.07, 6.45) is 5.43. The van der Waals surface area contributed by atoms with Crippen molar-refractivity contribution in [2.24, 2.45) is 0 Å². The summed E-state index contributed by atoms with van der Waals surface area (Å²) >= 11 is 6.21. The second-order valence-corrected chi connectivity index (χ2v) is 5.55. The van der Waals surface area contributed by atoms with Crippen LogP contribution in [0.15, 0.2) is 42.6 Å². The molecule has 0 unspecified atom stereocenters. The van der Waals surface area contributed by atoms with Crippen molar-refractivity contribution in [1.29, 1.82) is 0 Å². The van der Waals surface area contributed by atoms with E-state index in [1.54, 1.807) is 36.5 Å². The molecule has 1 aliphatic heterocycles. The summed E-state index contributed by atoms with van der Waals surface area (Å²) in [6, 6.07) is 8.94. The number of benzene rings is 1. The van der Waals surface area contributed by atoms with Crippen LogP contribution in [0.4, 0.5) is 0 Å². The molecule has 0 bridgehead atoms. The van der Waals surface area contributed by atoms with Gasteiger partial charge < -0.3 is 14.2 Å². The van der Waals surface area contributed by atoms with Gasteiger partial charge in [0.05, 0.1) is 23.9 Å². The van der Waals surface area contributed by atoms with E-state index in [2.05, 4.69) is 4.98 Å². The molecule has 1 aromatic carbocycles. The molecule has 0 aliphatic carbocycles. The van der Waals surface area contributed by atoms with Gasteiger partial charge in [-0.3, -0.25) is 4.98 Å². The molecular formula is C18H16ClNO4. The number of halogens is 1. The first kappa shape index (κ1) is 16.3. The molecular weight excluding hydrogens is 330 g/mol. The number of ether oxygens (including phenoxy) is 3. The molecule has 3 rings (SSSR count). The summed E-state index contributed by atoms with van der Waals surface area (Å²) in [5, 5.41) is 0.455. The highest BCUT2D eigenvalue weighted by atomic mass is 35.5. The number of carbonyl (C=O) groups excluding carboxylic acids is 1. The fourth-order valence-corrected chi connectivity index (χ4v) is 2.46. The van der Waals surface area contributed by atoms with Crippen LogP contribution >= 0.6 is 11.6 Å².